The van der Waals surface area contributed by atoms with Gasteiger partial charge in [-0.2, -0.15) is 5.10 Å². The SMILES string of the molecule is Cc1cccc(-c2nn3ccccc3c2-c2ccnc3cc(Cl)ccc23)n1. The molecule has 0 bridgehead atoms. The van der Waals surface area contributed by atoms with Gasteiger partial charge in [-0.1, -0.05) is 29.8 Å². The Morgan fingerprint density at radius 3 is 2.78 bits per heavy atom. The standard InChI is InChI=1S/C22H15ClN4/c1-14-5-4-6-18(25-14)22-21(20-7-2-3-12-27(20)26-22)17-10-11-24-19-13-15(23)8-9-16(17)19/h2-13H,1H3. The second-order valence-corrected chi connectivity index (χ2v) is 6.87. The molecule has 0 saturated carbocycles. The van der Waals surface area contributed by atoms with Gasteiger partial charge in [0.15, 0.2) is 0 Å². The van der Waals surface area contributed by atoms with E-state index in [0.717, 1.165) is 44.6 Å². The van der Waals surface area contributed by atoms with Gasteiger partial charge in [-0.25, -0.2) is 4.52 Å². The van der Waals surface area contributed by atoms with Gasteiger partial charge in [0.05, 0.1) is 16.7 Å². The Hall–Kier alpha value is -3.24. The van der Waals surface area contributed by atoms with E-state index < -0.39 is 0 Å². The molecule has 0 unspecified atom stereocenters. The van der Waals surface area contributed by atoms with E-state index in [-0.39, 0.29) is 0 Å². The van der Waals surface area contributed by atoms with Crippen molar-refractivity contribution in [2.75, 3.05) is 0 Å². The number of aryl methyl sites for hydroxylation is 1. The van der Waals surface area contributed by atoms with E-state index in [1.807, 2.05) is 78.4 Å². The minimum atomic E-state index is 0.674. The van der Waals surface area contributed by atoms with Gasteiger partial charge in [0.25, 0.3) is 0 Å². The Bertz CT molecular complexity index is 1310. The Kier molecular flexibility index (Phi) is 3.66. The van der Waals surface area contributed by atoms with Crippen LogP contribution in [0.2, 0.25) is 5.02 Å². The van der Waals surface area contributed by atoms with Crippen molar-refractivity contribution in [3.63, 3.8) is 0 Å². The minimum absolute atomic E-state index is 0.674. The lowest BCUT2D eigenvalue weighted by molar-refractivity contribution is 0.961. The highest BCUT2D eigenvalue weighted by molar-refractivity contribution is 6.31. The van der Waals surface area contributed by atoms with Crippen LogP contribution in [0.5, 0.6) is 0 Å². The molecule has 27 heavy (non-hydrogen) atoms. The number of aromatic nitrogens is 4. The smallest absolute Gasteiger partial charge is 0.120 e. The molecule has 0 aliphatic heterocycles. The van der Waals surface area contributed by atoms with Crippen molar-refractivity contribution < 1.29 is 0 Å². The van der Waals surface area contributed by atoms with Crippen LogP contribution < -0.4 is 0 Å². The van der Waals surface area contributed by atoms with E-state index in [4.69, 9.17) is 21.7 Å². The van der Waals surface area contributed by atoms with E-state index in [1.54, 1.807) is 0 Å². The predicted molar refractivity (Wildman–Crippen MR) is 109 cm³/mol. The Morgan fingerprint density at radius 1 is 0.963 bits per heavy atom. The molecule has 0 radical (unpaired) electrons. The summed E-state index contributed by atoms with van der Waals surface area (Å²) in [4.78, 5) is 9.19. The highest BCUT2D eigenvalue weighted by Gasteiger charge is 2.19. The van der Waals surface area contributed by atoms with Crippen LogP contribution in [0.15, 0.2) is 73.1 Å². The molecule has 0 N–H and O–H groups in total. The van der Waals surface area contributed by atoms with Crippen LogP contribution in [0, 0.1) is 6.92 Å². The van der Waals surface area contributed by atoms with Crippen molar-refractivity contribution >= 4 is 28.0 Å². The van der Waals surface area contributed by atoms with Crippen LogP contribution in [-0.2, 0) is 0 Å². The first-order valence-corrected chi connectivity index (χ1v) is 9.04. The lowest BCUT2D eigenvalue weighted by Crippen LogP contribution is -1.90. The van der Waals surface area contributed by atoms with Crippen LogP contribution >= 0.6 is 11.6 Å². The van der Waals surface area contributed by atoms with Gasteiger partial charge in [-0.05, 0) is 55.0 Å². The summed E-state index contributed by atoms with van der Waals surface area (Å²) in [6.45, 7) is 1.99. The third kappa shape index (κ3) is 2.66. The predicted octanol–water partition coefficient (Wildman–Crippen LogP) is 5.57. The van der Waals surface area contributed by atoms with Crippen molar-refractivity contribution in [1.82, 2.24) is 19.6 Å². The first-order valence-electron chi connectivity index (χ1n) is 8.67. The number of halogens is 1. The topological polar surface area (TPSA) is 43.1 Å². The third-order valence-electron chi connectivity index (χ3n) is 4.65. The van der Waals surface area contributed by atoms with Crippen LogP contribution in [-0.4, -0.2) is 19.6 Å². The molecule has 0 aliphatic rings. The van der Waals surface area contributed by atoms with E-state index in [0.29, 0.717) is 5.02 Å². The summed E-state index contributed by atoms with van der Waals surface area (Å²) in [5.41, 5.74) is 6.66. The van der Waals surface area contributed by atoms with Gasteiger partial charge in [-0.3, -0.25) is 9.97 Å². The number of hydrogen-bond acceptors (Lipinski definition) is 3. The zero-order valence-corrected chi connectivity index (χ0v) is 15.4. The number of hydrogen-bond donors (Lipinski definition) is 0. The number of fused-ring (bicyclic) bond motifs is 2. The molecule has 5 heteroatoms. The molecular weight excluding hydrogens is 356 g/mol. The number of nitrogens with zero attached hydrogens (tertiary/aromatic N) is 4. The van der Waals surface area contributed by atoms with Gasteiger partial charge in [0.1, 0.15) is 5.69 Å². The first-order chi connectivity index (χ1) is 13.2. The van der Waals surface area contributed by atoms with Crippen molar-refractivity contribution in [3.05, 3.63) is 83.8 Å². The van der Waals surface area contributed by atoms with Crippen LogP contribution in [0.25, 0.3) is 38.9 Å². The molecule has 4 aromatic heterocycles. The van der Waals surface area contributed by atoms with E-state index in [2.05, 4.69) is 11.1 Å². The molecule has 1 aromatic carbocycles. The minimum Gasteiger partial charge on any atom is -0.256 e. The normalized spacial score (nSPS) is 11.3. The Morgan fingerprint density at radius 2 is 1.89 bits per heavy atom. The van der Waals surface area contributed by atoms with Crippen molar-refractivity contribution in [3.8, 4) is 22.5 Å². The molecule has 4 nitrogen and oxygen atoms in total. The van der Waals surface area contributed by atoms with Crippen LogP contribution in [0.4, 0.5) is 0 Å². The molecule has 0 atom stereocenters. The lowest BCUT2D eigenvalue weighted by atomic mass is 9.98. The number of rotatable bonds is 2. The average molecular weight is 371 g/mol. The highest BCUT2D eigenvalue weighted by atomic mass is 35.5. The van der Waals surface area contributed by atoms with Crippen molar-refractivity contribution in [2.45, 2.75) is 6.92 Å². The monoisotopic (exact) mass is 370 g/mol. The van der Waals surface area contributed by atoms with E-state index >= 15 is 0 Å². The molecule has 0 amide bonds. The molecule has 130 valence electrons. The summed E-state index contributed by atoms with van der Waals surface area (Å²) in [6, 6.07) is 19.9. The molecule has 0 aliphatic carbocycles. The van der Waals surface area contributed by atoms with Gasteiger partial charge in [0.2, 0.25) is 0 Å². The molecule has 5 rings (SSSR count). The summed E-state index contributed by atoms with van der Waals surface area (Å²) in [5, 5.41) is 6.54. The Labute approximate surface area is 161 Å². The number of pyridine rings is 3. The van der Waals surface area contributed by atoms with E-state index in [1.165, 1.54) is 0 Å². The summed E-state index contributed by atoms with van der Waals surface area (Å²) < 4.78 is 1.90. The van der Waals surface area contributed by atoms with Gasteiger partial charge in [0, 0.05) is 34.1 Å². The zero-order valence-electron chi connectivity index (χ0n) is 14.6. The fourth-order valence-electron chi connectivity index (χ4n) is 3.46. The van der Waals surface area contributed by atoms with Gasteiger partial charge >= 0.3 is 0 Å². The maximum Gasteiger partial charge on any atom is 0.120 e. The first kappa shape index (κ1) is 16.0. The van der Waals surface area contributed by atoms with Crippen LogP contribution in [0.1, 0.15) is 5.69 Å². The molecule has 0 saturated heterocycles. The molecular formula is C22H15ClN4. The summed E-state index contributed by atoms with van der Waals surface area (Å²) in [6.07, 6.45) is 3.77. The van der Waals surface area contributed by atoms with Crippen molar-refractivity contribution in [1.29, 1.82) is 0 Å². The summed E-state index contributed by atoms with van der Waals surface area (Å²) >= 11 is 6.17. The largest absolute Gasteiger partial charge is 0.256 e. The van der Waals surface area contributed by atoms with Gasteiger partial charge in [-0.15, -0.1) is 0 Å². The second kappa shape index (κ2) is 6.18. The molecule has 5 aromatic rings. The molecule has 0 fully saturated rings. The fourth-order valence-corrected chi connectivity index (χ4v) is 3.62. The highest BCUT2D eigenvalue weighted by Crippen LogP contribution is 2.38. The average Bonchev–Trinajstić information content (AvgIpc) is 3.06. The van der Waals surface area contributed by atoms with E-state index in [9.17, 15) is 0 Å². The summed E-state index contributed by atoms with van der Waals surface area (Å²) in [5.74, 6) is 0. The third-order valence-corrected chi connectivity index (χ3v) is 4.88. The van der Waals surface area contributed by atoms with Crippen molar-refractivity contribution in [2.24, 2.45) is 0 Å². The maximum atomic E-state index is 6.17. The fraction of sp³-hybridized carbons (Fsp3) is 0.0455. The molecule has 4 heterocycles. The number of benzene rings is 1. The zero-order chi connectivity index (χ0) is 18.4. The Balaban J connectivity index is 1.90. The van der Waals surface area contributed by atoms with Crippen LogP contribution in [0.3, 0.4) is 0 Å². The lowest BCUT2D eigenvalue weighted by Gasteiger charge is -2.08. The maximum absolute atomic E-state index is 6.17. The second-order valence-electron chi connectivity index (χ2n) is 6.44. The molecule has 0 spiro atoms. The quantitative estimate of drug-likeness (QED) is 0.407. The summed E-state index contributed by atoms with van der Waals surface area (Å²) in [7, 11) is 0. The van der Waals surface area contributed by atoms with Gasteiger partial charge < -0.3 is 0 Å².